The van der Waals surface area contributed by atoms with E-state index in [0.717, 1.165) is 31.7 Å². The van der Waals surface area contributed by atoms with Gasteiger partial charge in [0.05, 0.1) is 5.69 Å². The fourth-order valence-corrected chi connectivity index (χ4v) is 3.37. The average Bonchev–Trinajstić information content (AvgIpc) is 2.70. The van der Waals surface area contributed by atoms with Crippen molar-refractivity contribution in [3.05, 3.63) is 96.3 Å². The number of aromatic nitrogens is 1. The molecule has 0 radical (unpaired) electrons. The van der Waals surface area contributed by atoms with E-state index in [9.17, 15) is 0 Å². The van der Waals surface area contributed by atoms with Crippen LogP contribution < -0.4 is 0 Å². The fraction of sp³-hybridized carbons (Fsp3) is 0.174. The standard InChI is InChI=1S/C23H22N2/c1-3-7-19(8-4-1)21-12-15-25(16-13-21)18-23-17-22(11-14-24-23)20-9-5-2-6-10-20/h1-12,14,17H,13,15-16,18H2. The van der Waals surface area contributed by atoms with Crippen LogP contribution in [-0.4, -0.2) is 23.0 Å². The zero-order valence-electron chi connectivity index (χ0n) is 14.3. The maximum Gasteiger partial charge on any atom is 0.0550 e. The van der Waals surface area contributed by atoms with Gasteiger partial charge in [-0.3, -0.25) is 9.88 Å². The number of nitrogens with zero attached hydrogens (tertiary/aromatic N) is 2. The summed E-state index contributed by atoms with van der Waals surface area (Å²) in [5, 5.41) is 0. The summed E-state index contributed by atoms with van der Waals surface area (Å²) in [6, 6.07) is 25.5. The normalized spacial score (nSPS) is 15.0. The second kappa shape index (κ2) is 7.45. The van der Waals surface area contributed by atoms with Gasteiger partial charge < -0.3 is 0 Å². The van der Waals surface area contributed by atoms with E-state index in [4.69, 9.17) is 0 Å². The van der Waals surface area contributed by atoms with Crippen LogP contribution in [0, 0.1) is 0 Å². The van der Waals surface area contributed by atoms with Crippen molar-refractivity contribution in [3.8, 4) is 11.1 Å². The number of hydrogen-bond donors (Lipinski definition) is 0. The van der Waals surface area contributed by atoms with Gasteiger partial charge in [-0.25, -0.2) is 0 Å². The molecule has 0 bridgehead atoms. The van der Waals surface area contributed by atoms with Gasteiger partial charge in [0.15, 0.2) is 0 Å². The molecule has 1 aromatic heterocycles. The second-order valence-corrected chi connectivity index (χ2v) is 6.48. The van der Waals surface area contributed by atoms with Crippen molar-refractivity contribution < 1.29 is 0 Å². The summed E-state index contributed by atoms with van der Waals surface area (Å²) in [6.07, 6.45) is 5.38. The Labute approximate surface area is 149 Å². The maximum atomic E-state index is 4.57. The quantitative estimate of drug-likeness (QED) is 0.668. The van der Waals surface area contributed by atoms with E-state index in [0.29, 0.717) is 0 Å². The van der Waals surface area contributed by atoms with Crippen molar-refractivity contribution in [1.82, 2.24) is 9.88 Å². The van der Waals surface area contributed by atoms with Crippen LogP contribution in [0.25, 0.3) is 16.7 Å². The summed E-state index contributed by atoms with van der Waals surface area (Å²) in [5.41, 5.74) is 6.44. The molecule has 0 saturated heterocycles. The van der Waals surface area contributed by atoms with Gasteiger partial charge in [-0.1, -0.05) is 66.7 Å². The topological polar surface area (TPSA) is 16.1 Å². The summed E-state index contributed by atoms with van der Waals surface area (Å²) >= 11 is 0. The van der Waals surface area contributed by atoms with Gasteiger partial charge in [-0.05, 0) is 40.8 Å². The highest BCUT2D eigenvalue weighted by Gasteiger charge is 2.13. The Morgan fingerprint density at radius 1 is 0.800 bits per heavy atom. The van der Waals surface area contributed by atoms with Crippen LogP contribution in [-0.2, 0) is 6.54 Å². The molecule has 0 saturated carbocycles. The molecule has 25 heavy (non-hydrogen) atoms. The molecule has 0 aliphatic carbocycles. The number of rotatable bonds is 4. The van der Waals surface area contributed by atoms with E-state index in [1.807, 2.05) is 6.20 Å². The molecule has 124 valence electrons. The Hall–Kier alpha value is -2.71. The van der Waals surface area contributed by atoms with Gasteiger partial charge in [0.25, 0.3) is 0 Å². The van der Waals surface area contributed by atoms with Crippen LogP contribution in [0.3, 0.4) is 0 Å². The van der Waals surface area contributed by atoms with Gasteiger partial charge in [0.2, 0.25) is 0 Å². The summed E-state index contributed by atoms with van der Waals surface area (Å²) in [5.74, 6) is 0. The van der Waals surface area contributed by atoms with Crippen LogP contribution in [0.1, 0.15) is 17.7 Å². The Bertz CT molecular complexity index is 854. The summed E-state index contributed by atoms with van der Waals surface area (Å²) in [4.78, 5) is 7.04. The third kappa shape index (κ3) is 3.86. The lowest BCUT2D eigenvalue weighted by Gasteiger charge is -2.26. The minimum Gasteiger partial charge on any atom is -0.294 e. The minimum absolute atomic E-state index is 0.902. The average molecular weight is 326 g/mol. The Morgan fingerprint density at radius 3 is 2.20 bits per heavy atom. The van der Waals surface area contributed by atoms with E-state index in [1.54, 1.807) is 0 Å². The lowest BCUT2D eigenvalue weighted by Crippen LogP contribution is -2.28. The SMILES string of the molecule is C1=C(c2ccccc2)CCN(Cc2cc(-c3ccccc3)ccn2)C1. The molecular formula is C23H22N2. The molecule has 0 atom stereocenters. The molecule has 0 unspecified atom stereocenters. The van der Waals surface area contributed by atoms with E-state index in [2.05, 4.69) is 88.8 Å². The highest BCUT2D eigenvalue weighted by atomic mass is 15.1. The van der Waals surface area contributed by atoms with Crippen molar-refractivity contribution >= 4 is 5.57 Å². The summed E-state index contributed by atoms with van der Waals surface area (Å²) < 4.78 is 0. The first-order chi connectivity index (χ1) is 12.4. The number of benzene rings is 2. The molecule has 0 spiro atoms. The molecule has 0 amide bonds. The first kappa shape index (κ1) is 15.8. The predicted octanol–water partition coefficient (Wildman–Crippen LogP) is 5.04. The molecule has 2 heterocycles. The molecule has 1 aliphatic rings. The lowest BCUT2D eigenvalue weighted by molar-refractivity contribution is 0.290. The van der Waals surface area contributed by atoms with E-state index < -0.39 is 0 Å². The van der Waals surface area contributed by atoms with Crippen LogP contribution in [0.2, 0.25) is 0 Å². The molecule has 1 aliphatic heterocycles. The summed E-state index contributed by atoms with van der Waals surface area (Å²) in [6.45, 7) is 2.97. The van der Waals surface area contributed by atoms with Crippen LogP contribution in [0.5, 0.6) is 0 Å². The maximum absolute atomic E-state index is 4.57. The molecule has 3 aromatic rings. The van der Waals surface area contributed by atoms with Crippen molar-refractivity contribution in [2.75, 3.05) is 13.1 Å². The third-order valence-corrected chi connectivity index (χ3v) is 4.75. The molecule has 2 heteroatoms. The van der Waals surface area contributed by atoms with Gasteiger partial charge in [0.1, 0.15) is 0 Å². The fourth-order valence-electron chi connectivity index (χ4n) is 3.37. The van der Waals surface area contributed by atoms with Gasteiger partial charge >= 0.3 is 0 Å². The highest BCUT2D eigenvalue weighted by molar-refractivity contribution is 5.66. The smallest absolute Gasteiger partial charge is 0.0550 e. The van der Waals surface area contributed by atoms with Crippen LogP contribution >= 0.6 is 0 Å². The Balaban J connectivity index is 1.45. The van der Waals surface area contributed by atoms with Crippen LogP contribution in [0.4, 0.5) is 0 Å². The largest absolute Gasteiger partial charge is 0.294 e. The van der Waals surface area contributed by atoms with Crippen molar-refractivity contribution in [1.29, 1.82) is 0 Å². The molecule has 0 N–H and O–H groups in total. The zero-order valence-corrected chi connectivity index (χ0v) is 14.3. The van der Waals surface area contributed by atoms with Gasteiger partial charge in [-0.2, -0.15) is 0 Å². The van der Waals surface area contributed by atoms with Crippen molar-refractivity contribution in [3.63, 3.8) is 0 Å². The molecule has 2 nitrogen and oxygen atoms in total. The minimum atomic E-state index is 0.902. The summed E-state index contributed by atoms with van der Waals surface area (Å²) in [7, 11) is 0. The molecule has 4 rings (SSSR count). The zero-order chi connectivity index (χ0) is 16.9. The second-order valence-electron chi connectivity index (χ2n) is 6.48. The molecule has 0 fully saturated rings. The van der Waals surface area contributed by atoms with Crippen LogP contribution in [0.15, 0.2) is 85.1 Å². The van der Waals surface area contributed by atoms with E-state index in [-0.39, 0.29) is 0 Å². The van der Waals surface area contributed by atoms with E-state index in [1.165, 1.54) is 22.3 Å². The molecule has 2 aromatic carbocycles. The lowest BCUT2D eigenvalue weighted by atomic mass is 9.99. The van der Waals surface area contributed by atoms with Crippen molar-refractivity contribution in [2.24, 2.45) is 0 Å². The van der Waals surface area contributed by atoms with Gasteiger partial charge in [0, 0.05) is 25.8 Å². The monoisotopic (exact) mass is 326 g/mol. The molecular weight excluding hydrogens is 304 g/mol. The van der Waals surface area contributed by atoms with Gasteiger partial charge in [-0.15, -0.1) is 0 Å². The third-order valence-electron chi connectivity index (χ3n) is 4.75. The number of pyridine rings is 1. The predicted molar refractivity (Wildman–Crippen MR) is 104 cm³/mol. The highest BCUT2D eigenvalue weighted by Crippen LogP contribution is 2.24. The Kier molecular flexibility index (Phi) is 4.71. The van der Waals surface area contributed by atoms with E-state index >= 15 is 0 Å². The first-order valence-corrected chi connectivity index (χ1v) is 8.86. The number of hydrogen-bond acceptors (Lipinski definition) is 2. The first-order valence-electron chi connectivity index (χ1n) is 8.86. The Morgan fingerprint density at radius 2 is 1.52 bits per heavy atom. The van der Waals surface area contributed by atoms with Crippen molar-refractivity contribution in [2.45, 2.75) is 13.0 Å².